The normalized spacial score (nSPS) is 13.4. The molecule has 0 saturated heterocycles. The van der Waals surface area contributed by atoms with Gasteiger partial charge in [0.05, 0.1) is 0 Å². The molecule has 0 aliphatic carbocycles. The number of alkyl halides is 9. The van der Waals surface area contributed by atoms with Crippen molar-refractivity contribution in [2.45, 2.75) is 23.8 Å². The third kappa shape index (κ3) is 6.51. The molecular formula is C13H19F9O9. The lowest BCUT2D eigenvalue weighted by Crippen LogP contribution is -2.78. The maximum Gasteiger partial charge on any atom is 0.353 e. The molecule has 0 N–H and O–H groups in total. The summed E-state index contributed by atoms with van der Waals surface area (Å²) in [4.78, 5) is 0. The van der Waals surface area contributed by atoms with Crippen molar-refractivity contribution in [3.63, 3.8) is 0 Å². The zero-order chi connectivity index (χ0) is 23.8. The van der Waals surface area contributed by atoms with E-state index in [1.807, 2.05) is 0 Å². The van der Waals surface area contributed by atoms with E-state index < -0.39 is 85.6 Å². The summed E-state index contributed by atoms with van der Waals surface area (Å²) in [6.45, 7) is -19.3. The molecule has 0 aliphatic rings. The number of hydrogen-bond donors (Lipinski definition) is 0. The van der Waals surface area contributed by atoms with Gasteiger partial charge in [-0.1, -0.05) is 0 Å². The van der Waals surface area contributed by atoms with Crippen LogP contribution in [0.1, 0.15) is 0 Å². The van der Waals surface area contributed by atoms with Crippen LogP contribution in [0.4, 0.5) is 39.5 Å². The Hall–Kier alpha value is -0.990. The first-order valence-electron chi connectivity index (χ1n) is 7.69. The minimum atomic E-state index is -4.14. The van der Waals surface area contributed by atoms with E-state index in [-0.39, 0.29) is 0 Å². The molecule has 0 heterocycles. The highest BCUT2D eigenvalue weighted by Gasteiger charge is 2.77. The van der Waals surface area contributed by atoms with Gasteiger partial charge in [-0.2, -0.15) is 0 Å². The van der Waals surface area contributed by atoms with Crippen molar-refractivity contribution in [2.75, 3.05) is 61.7 Å². The first-order chi connectivity index (χ1) is 14.9. The third-order valence-corrected chi connectivity index (χ3v) is 3.39. The molecule has 0 amide bonds. The van der Waals surface area contributed by atoms with Crippen LogP contribution in [0, 0.1) is 0 Å². The Labute approximate surface area is 169 Å². The van der Waals surface area contributed by atoms with Crippen LogP contribution in [0.15, 0.2) is 0 Å². The third-order valence-electron chi connectivity index (χ3n) is 3.39. The summed E-state index contributed by atoms with van der Waals surface area (Å²) >= 11 is 0. The minimum absolute atomic E-state index is 1.98. The lowest BCUT2D eigenvalue weighted by Gasteiger charge is -2.53. The van der Waals surface area contributed by atoms with Crippen LogP contribution in [0.2, 0.25) is 0 Å². The molecule has 0 spiro atoms. The van der Waals surface area contributed by atoms with Crippen molar-refractivity contribution in [2.24, 2.45) is 0 Å². The average Bonchev–Trinajstić information content (AvgIpc) is 2.73. The Morgan fingerprint density at radius 3 is 1.00 bits per heavy atom. The van der Waals surface area contributed by atoms with Gasteiger partial charge in [-0.15, -0.1) is 0 Å². The van der Waals surface area contributed by atoms with Crippen LogP contribution in [0.3, 0.4) is 0 Å². The quantitative estimate of drug-likeness (QED) is 0.178. The van der Waals surface area contributed by atoms with Crippen molar-refractivity contribution in [1.82, 2.24) is 0 Å². The maximum absolute atomic E-state index is 13.3. The fourth-order valence-electron chi connectivity index (χ4n) is 2.48. The van der Waals surface area contributed by atoms with Gasteiger partial charge >= 0.3 is 11.8 Å². The maximum atomic E-state index is 13.3. The van der Waals surface area contributed by atoms with Crippen LogP contribution >= 0.6 is 0 Å². The zero-order valence-electron chi connectivity index (χ0n) is 15.5. The van der Waals surface area contributed by atoms with Crippen molar-refractivity contribution in [1.29, 1.82) is 0 Å². The molecule has 0 aliphatic heterocycles. The SMILES string of the molecule is FCOC(OCF)C(OCF)(OCF)C(OCF)(OCF)C(OCF)(OCF)OCF. The van der Waals surface area contributed by atoms with Crippen molar-refractivity contribution in [3.8, 4) is 0 Å². The van der Waals surface area contributed by atoms with E-state index in [0.29, 0.717) is 0 Å². The molecule has 0 atom stereocenters. The van der Waals surface area contributed by atoms with Gasteiger partial charge in [0.1, 0.15) is 0 Å². The lowest BCUT2D eigenvalue weighted by molar-refractivity contribution is -0.585. The predicted octanol–water partition coefficient (Wildman–Crippen LogP) is 2.85. The second-order valence-corrected chi connectivity index (χ2v) is 4.50. The monoisotopic (exact) mass is 490 g/mol. The van der Waals surface area contributed by atoms with Gasteiger partial charge in [0.15, 0.2) is 61.7 Å². The van der Waals surface area contributed by atoms with Gasteiger partial charge in [-0.3, -0.25) is 14.2 Å². The highest BCUT2D eigenvalue weighted by molar-refractivity contribution is 5.00. The summed E-state index contributed by atoms with van der Waals surface area (Å²) in [7, 11) is 0. The number of hydrogen-bond acceptors (Lipinski definition) is 9. The molecule has 0 aromatic heterocycles. The van der Waals surface area contributed by atoms with Gasteiger partial charge in [-0.25, -0.2) is 39.5 Å². The van der Waals surface area contributed by atoms with Gasteiger partial charge in [-0.05, 0) is 0 Å². The van der Waals surface area contributed by atoms with E-state index in [9.17, 15) is 39.5 Å². The Morgan fingerprint density at radius 2 is 0.742 bits per heavy atom. The standard InChI is InChI=1S/C13H19F9O9/c14-1-23-10(24-2-15)11(25-3-16,26-4-17)12(27-5-18,28-6-19)13(29-7-20,30-8-21)31-9-22/h10H,1-9H2. The van der Waals surface area contributed by atoms with E-state index in [1.165, 1.54) is 0 Å². The molecule has 0 radical (unpaired) electrons. The molecule has 188 valence electrons. The van der Waals surface area contributed by atoms with Gasteiger partial charge in [0, 0.05) is 0 Å². The summed E-state index contributed by atoms with van der Waals surface area (Å²) in [6, 6.07) is 0. The summed E-state index contributed by atoms with van der Waals surface area (Å²) in [5, 5.41) is 0. The summed E-state index contributed by atoms with van der Waals surface area (Å²) in [5.74, 6) is -12.1. The Bertz CT molecular complexity index is 420. The first-order valence-corrected chi connectivity index (χ1v) is 7.69. The summed E-state index contributed by atoms with van der Waals surface area (Å²) < 4.78 is 156. The zero-order valence-corrected chi connectivity index (χ0v) is 15.5. The van der Waals surface area contributed by atoms with Gasteiger partial charge < -0.3 is 28.4 Å². The van der Waals surface area contributed by atoms with Crippen LogP contribution in [-0.4, -0.2) is 85.6 Å². The van der Waals surface area contributed by atoms with E-state index in [2.05, 4.69) is 42.6 Å². The van der Waals surface area contributed by atoms with Crippen LogP contribution in [0.5, 0.6) is 0 Å². The fraction of sp³-hybridized carbons (Fsp3) is 1.00. The lowest BCUT2D eigenvalue weighted by atomic mass is 10.0. The Balaban J connectivity index is 7.32. The number of rotatable bonds is 21. The molecular weight excluding hydrogens is 471 g/mol. The van der Waals surface area contributed by atoms with E-state index in [0.717, 1.165) is 0 Å². The van der Waals surface area contributed by atoms with E-state index in [4.69, 9.17) is 0 Å². The van der Waals surface area contributed by atoms with Crippen molar-refractivity contribution >= 4 is 0 Å². The smallest absolute Gasteiger partial charge is 0.316 e. The highest BCUT2D eigenvalue weighted by atomic mass is 19.2. The number of halogens is 9. The average molecular weight is 490 g/mol. The Kier molecular flexibility index (Phi) is 15.3. The number of ether oxygens (including phenoxy) is 9. The molecule has 0 saturated carbocycles. The van der Waals surface area contributed by atoms with Crippen LogP contribution in [-0.2, 0) is 42.6 Å². The highest BCUT2D eigenvalue weighted by Crippen LogP contribution is 2.48. The second kappa shape index (κ2) is 15.8. The fourth-order valence-corrected chi connectivity index (χ4v) is 2.48. The molecule has 18 heteroatoms. The predicted molar refractivity (Wildman–Crippen MR) is 75.5 cm³/mol. The molecule has 31 heavy (non-hydrogen) atoms. The molecule has 0 unspecified atom stereocenters. The molecule has 0 bridgehead atoms. The molecule has 0 aromatic rings. The minimum Gasteiger partial charge on any atom is -0.316 e. The molecule has 0 fully saturated rings. The topological polar surface area (TPSA) is 83.1 Å². The van der Waals surface area contributed by atoms with E-state index in [1.54, 1.807) is 0 Å². The molecule has 9 nitrogen and oxygen atoms in total. The van der Waals surface area contributed by atoms with E-state index >= 15 is 0 Å². The van der Waals surface area contributed by atoms with Gasteiger partial charge in [0.25, 0.3) is 5.79 Å². The second-order valence-electron chi connectivity index (χ2n) is 4.50. The van der Waals surface area contributed by atoms with Crippen molar-refractivity contribution < 1.29 is 82.1 Å². The Morgan fingerprint density at radius 1 is 0.419 bits per heavy atom. The summed E-state index contributed by atoms with van der Waals surface area (Å²) in [6.07, 6.45) is -2.96. The molecule has 0 rings (SSSR count). The largest absolute Gasteiger partial charge is 0.353 e. The van der Waals surface area contributed by atoms with Gasteiger partial charge in [0.2, 0.25) is 6.29 Å². The summed E-state index contributed by atoms with van der Waals surface area (Å²) in [5.41, 5.74) is 0. The van der Waals surface area contributed by atoms with Crippen LogP contribution < -0.4 is 0 Å². The molecule has 0 aromatic carbocycles. The van der Waals surface area contributed by atoms with Crippen molar-refractivity contribution in [3.05, 3.63) is 0 Å². The first kappa shape index (κ1) is 30.0. The van der Waals surface area contributed by atoms with Crippen LogP contribution in [0.25, 0.3) is 0 Å².